The number of carbonyl (C=O) groups is 2. The predicted octanol–water partition coefficient (Wildman–Crippen LogP) is 5.28. The van der Waals surface area contributed by atoms with Gasteiger partial charge < -0.3 is 19.4 Å². The van der Waals surface area contributed by atoms with Gasteiger partial charge in [-0.1, -0.05) is 67.6 Å². The summed E-state index contributed by atoms with van der Waals surface area (Å²) in [7, 11) is 1.87. The first-order valence-corrected chi connectivity index (χ1v) is 15.6. The summed E-state index contributed by atoms with van der Waals surface area (Å²) in [4.78, 5) is 34.9. The number of amides is 2. The molecule has 0 unspecified atom stereocenters. The predicted molar refractivity (Wildman–Crippen MR) is 172 cm³/mol. The third-order valence-corrected chi connectivity index (χ3v) is 8.67. The molecular weight excluding hydrogens is 538 g/mol. The van der Waals surface area contributed by atoms with E-state index in [-0.39, 0.29) is 12.0 Å². The first-order chi connectivity index (χ1) is 21.0. The van der Waals surface area contributed by atoms with Gasteiger partial charge in [-0.2, -0.15) is 0 Å². The summed E-state index contributed by atoms with van der Waals surface area (Å²) in [5, 5.41) is 2.94. The molecule has 5 rings (SSSR count). The number of rotatable bonds is 10. The van der Waals surface area contributed by atoms with Gasteiger partial charge in [0.2, 0.25) is 0 Å². The standard InChI is InChI=1S/C35H45N5O3/c1-3-38-23-25-40(26-24-38)27-28-13-15-30(16-14-28)34(41)37(2)21-22-39-19-17-31(18-20-39)43-35(42)36-33-12-8-7-11-32(33)29-9-5-4-6-10-29/h4-16,31H,3,17-27H2,1-2H3,(H,36,42). The molecule has 8 heteroatoms. The van der Waals surface area contributed by atoms with Gasteiger partial charge in [-0.25, -0.2) is 4.79 Å². The molecule has 0 bridgehead atoms. The fourth-order valence-electron chi connectivity index (χ4n) is 5.89. The minimum atomic E-state index is -0.419. The van der Waals surface area contributed by atoms with E-state index in [1.165, 1.54) is 5.56 Å². The van der Waals surface area contributed by atoms with Gasteiger partial charge in [-0.3, -0.25) is 15.0 Å². The maximum atomic E-state index is 13.1. The van der Waals surface area contributed by atoms with Gasteiger partial charge >= 0.3 is 6.09 Å². The molecule has 0 saturated carbocycles. The number of nitrogens with one attached hydrogen (secondary N) is 1. The number of nitrogens with zero attached hydrogens (tertiary/aromatic N) is 4. The summed E-state index contributed by atoms with van der Waals surface area (Å²) >= 11 is 0. The van der Waals surface area contributed by atoms with Crippen molar-refractivity contribution in [1.29, 1.82) is 0 Å². The van der Waals surface area contributed by atoms with Gasteiger partial charge in [0.1, 0.15) is 6.10 Å². The van der Waals surface area contributed by atoms with Crippen molar-refractivity contribution in [2.24, 2.45) is 0 Å². The van der Waals surface area contributed by atoms with Crippen molar-refractivity contribution in [2.45, 2.75) is 32.4 Å². The van der Waals surface area contributed by atoms with Crippen LogP contribution in [0.15, 0.2) is 78.9 Å². The average molecular weight is 584 g/mol. The molecule has 2 amide bonds. The Labute approximate surface area is 256 Å². The summed E-state index contributed by atoms with van der Waals surface area (Å²) < 4.78 is 5.78. The van der Waals surface area contributed by atoms with Gasteiger partial charge in [-0.15, -0.1) is 0 Å². The number of hydrogen-bond acceptors (Lipinski definition) is 6. The van der Waals surface area contributed by atoms with E-state index in [9.17, 15) is 9.59 Å². The zero-order valence-corrected chi connectivity index (χ0v) is 25.6. The second-order valence-corrected chi connectivity index (χ2v) is 11.6. The Hall–Kier alpha value is -3.72. The van der Waals surface area contributed by atoms with E-state index in [4.69, 9.17) is 4.74 Å². The number of para-hydroxylation sites is 1. The summed E-state index contributed by atoms with van der Waals surface area (Å²) in [6.07, 6.45) is 1.02. The quantitative estimate of drug-likeness (QED) is 0.351. The second kappa shape index (κ2) is 15.1. The van der Waals surface area contributed by atoms with Gasteiger partial charge in [-0.05, 0) is 48.7 Å². The molecule has 0 spiro atoms. The molecule has 3 aromatic carbocycles. The molecule has 1 N–H and O–H groups in total. The Morgan fingerprint density at radius 1 is 0.814 bits per heavy atom. The molecule has 0 atom stereocenters. The second-order valence-electron chi connectivity index (χ2n) is 11.6. The van der Waals surface area contributed by atoms with Crippen LogP contribution < -0.4 is 5.32 Å². The number of piperazine rings is 1. The van der Waals surface area contributed by atoms with Crippen molar-refractivity contribution in [3.8, 4) is 11.1 Å². The normalized spacial score (nSPS) is 17.0. The molecular formula is C35H45N5O3. The SMILES string of the molecule is CCN1CCN(Cc2ccc(C(=O)N(C)CCN3CCC(OC(=O)Nc4ccccc4-c4ccccc4)CC3)cc2)CC1. The lowest BCUT2D eigenvalue weighted by molar-refractivity contribution is 0.0540. The third-order valence-electron chi connectivity index (χ3n) is 8.67. The Balaban J connectivity index is 1.01. The van der Waals surface area contributed by atoms with Crippen LogP contribution in [0.25, 0.3) is 11.1 Å². The molecule has 0 radical (unpaired) electrons. The Morgan fingerprint density at radius 3 is 2.16 bits per heavy atom. The monoisotopic (exact) mass is 583 g/mol. The highest BCUT2D eigenvalue weighted by atomic mass is 16.6. The fraction of sp³-hybridized carbons (Fsp3) is 0.429. The van der Waals surface area contributed by atoms with Crippen LogP contribution in [0.3, 0.4) is 0 Å². The molecule has 228 valence electrons. The van der Waals surface area contributed by atoms with Crippen LogP contribution in [0, 0.1) is 0 Å². The highest BCUT2D eigenvalue weighted by molar-refractivity contribution is 5.94. The van der Waals surface area contributed by atoms with E-state index < -0.39 is 6.09 Å². The topological polar surface area (TPSA) is 68.4 Å². The van der Waals surface area contributed by atoms with Crippen molar-refractivity contribution in [3.05, 3.63) is 90.0 Å². The molecule has 3 aromatic rings. The van der Waals surface area contributed by atoms with Gasteiger partial charge in [0.05, 0.1) is 5.69 Å². The van der Waals surface area contributed by atoms with Gasteiger partial charge in [0.25, 0.3) is 5.91 Å². The smallest absolute Gasteiger partial charge is 0.411 e. The summed E-state index contributed by atoms with van der Waals surface area (Å²) in [5.74, 6) is 0.0498. The van der Waals surface area contributed by atoms with Crippen LogP contribution in [0.4, 0.5) is 10.5 Å². The van der Waals surface area contributed by atoms with Crippen LogP contribution in [-0.4, -0.2) is 104 Å². The van der Waals surface area contributed by atoms with Crippen LogP contribution in [0.2, 0.25) is 0 Å². The molecule has 8 nitrogen and oxygen atoms in total. The number of likely N-dealkylation sites (N-methyl/N-ethyl adjacent to an activating group) is 2. The van der Waals surface area contributed by atoms with Gasteiger partial charge in [0.15, 0.2) is 0 Å². The summed E-state index contributed by atoms with van der Waals surface area (Å²) in [5.41, 5.74) is 4.73. The molecule has 43 heavy (non-hydrogen) atoms. The first-order valence-electron chi connectivity index (χ1n) is 15.6. The maximum Gasteiger partial charge on any atom is 0.411 e. The number of piperidine rings is 1. The highest BCUT2D eigenvalue weighted by Gasteiger charge is 2.24. The minimum Gasteiger partial charge on any atom is -0.446 e. The van der Waals surface area contributed by atoms with Crippen molar-refractivity contribution in [1.82, 2.24) is 19.6 Å². The van der Waals surface area contributed by atoms with E-state index in [2.05, 4.69) is 39.1 Å². The van der Waals surface area contributed by atoms with Crippen LogP contribution in [0.1, 0.15) is 35.7 Å². The molecule has 2 heterocycles. The molecule has 2 aliphatic heterocycles. The number of ether oxygens (including phenoxy) is 1. The number of likely N-dealkylation sites (tertiary alicyclic amines) is 1. The molecule has 2 saturated heterocycles. The Bertz CT molecular complexity index is 1320. The number of carbonyl (C=O) groups excluding carboxylic acids is 2. The Kier molecular flexibility index (Phi) is 10.8. The third kappa shape index (κ3) is 8.66. The summed E-state index contributed by atoms with van der Waals surface area (Å²) in [6, 6.07) is 25.9. The number of anilines is 1. The number of benzene rings is 3. The fourth-order valence-corrected chi connectivity index (χ4v) is 5.89. The number of hydrogen-bond donors (Lipinski definition) is 1. The van der Waals surface area contributed by atoms with Crippen LogP contribution in [0.5, 0.6) is 0 Å². The molecule has 0 aliphatic carbocycles. The lowest BCUT2D eigenvalue weighted by atomic mass is 10.0. The van der Waals surface area contributed by atoms with Gasteiger partial charge in [0, 0.05) is 77.1 Å². The summed E-state index contributed by atoms with van der Waals surface area (Å²) in [6.45, 7) is 11.8. The van der Waals surface area contributed by atoms with Crippen molar-refractivity contribution >= 4 is 17.7 Å². The first kappa shape index (κ1) is 30.7. The van der Waals surface area contributed by atoms with Crippen molar-refractivity contribution < 1.29 is 14.3 Å². The molecule has 0 aromatic heterocycles. The molecule has 2 fully saturated rings. The van der Waals surface area contributed by atoms with Crippen LogP contribution in [-0.2, 0) is 11.3 Å². The van der Waals surface area contributed by atoms with Crippen molar-refractivity contribution in [3.63, 3.8) is 0 Å². The maximum absolute atomic E-state index is 13.1. The highest BCUT2D eigenvalue weighted by Crippen LogP contribution is 2.28. The van der Waals surface area contributed by atoms with E-state index in [0.29, 0.717) is 6.54 Å². The lowest BCUT2D eigenvalue weighted by Gasteiger charge is -2.34. The van der Waals surface area contributed by atoms with E-state index in [1.807, 2.05) is 73.8 Å². The molecule has 2 aliphatic rings. The zero-order chi connectivity index (χ0) is 30.0. The van der Waals surface area contributed by atoms with E-state index in [1.54, 1.807) is 4.90 Å². The zero-order valence-electron chi connectivity index (χ0n) is 25.6. The lowest BCUT2D eigenvalue weighted by Crippen LogP contribution is -2.45. The van der Waals surface area contributed by atoms with Crippen molar-refractivity contribution in [2.75, 3.05) is 71.3 Å². The minimum absolute atomic E-state index is 0.0498. The Morgan fingerprint density at radius 2 is 1.47 bits per heavy atom. The van der Waals surface area contributed by atoms with Crippen LogP contribution >= 0.6 is 0 Å². The average Bonchev–Trinajstić information content (AvgIpc) is 3.05. The van der Waals surface area contributed by atoms with E-state index >= 15 is 0 Å². The van der Waals surface area contributed by atoms with E-state index in [0.717, 1.165) is 94.1 Å². The largest absolute Gasteiger partial charge is 0.446 e.